The van der Waals surface area contributed by atoms with Gasteiger partial charge in [0.05, 0.1) is 5.69 Å². The molecular formula is C22H21N3O4. The van der Waals surface area contributed by atoms with Crippen molar-refractivity contribution in [2.75, 3.05) is 25.5 Å². The maximum absolute atomic E-state index is 12.7. The molecule has 0 spiro atoms. The van der Waals surface area contributed by atoms with E-state index in [0.29, 0.717) is 30.0 Å². The second-order valence-electron chi connectivity index (χ2n) is 6.92. The van der Waals surface area contributed by atoms with Gasteiger partial charge < -0.3 is 19.5 Å². The first-order valence-electron chi connectivity index (χ1n) is 9.43. The number of anilines is 1. The molecule has 148 valence electrons. The van der Waals surface area contributed by atoms with Crippen molar-refractivity contribution in [1.29, 1.82) is 0 Å². The van der Waals surface area contributed by atoms with E-state index < -0.39 is 0 Å². The quantitative estimate of drug-likeness (QED) is 0.696. The van der Waals surface area contributed by atoms with Crippen molar-refractivity contribution in [3.63, 3.8) is 0 Å². The number of hydrogen-bond donors (Lipinski definition) is 1. The van der Waals surface area contributed by atoms with Crippen LogP contribution in [0.4, 0.5) is 5.69 Å². The normalized spacial score (nSPS) is 12.7. The van der Waals surface area contributed by atoms with Crippen molar-refractivity contribution < 1.29 is 18.8 Å². The van der Waals surface area contributed by atoms with Crippen molar-refractivity contribution in [3.05, 3.63) is 65.9 Å². The summed E-state index contributed by atoms with van der Waals surface area (Å²) in [6.07, 6.45) is 1.44. The summed E-state index contributed by atoms with van der Waals surface area (Å²) in [6, 6.07) is 16.8. The van der Waals surface area contributed by atoms with E-state index in [4.69, 9.17) is 9.26 Å². The largest absolute Gasteiger partial charge is 0.482 e. The highest BCUT2D eigenvalue weighted by Gasteiger charge is 2.19. The lowest BCUT2D eigenvalue weighted by molar-refractivity contribution is -0.118. The third-order valence-corrected chi connectivity index (χ3v) is 4.75. The van der Waals surface area contributed by atoms with Crippen molar-refractivity contribution in [2.24, 2.45) is 0 Å². The number of nitrogens with zero attached hydrogens (tertiary/aromatic N) is 2. The lowest BCUT2D eigenvalue weighted by Crippen LogP contribution is -2.29. The lowest BCUT2D eigenvalue weighted by atomic mass is 10.1. The fraction of sp³-hybridized carbons (Fsp3) is 0.227. The lowest BCUT2D eigenvalue weighted by Gasteiger charge is -2.20. The molecule has 29 heavy (non-hydrogen) atoms. The first-order chi connectivity index (χ1) is 14.1. The van der Waals surface area contributed by atoms with Gasteiger partial charge in [0.1, 0.15) is 17.2 Å². The van der Waals surface area contributed by atoms with Crippen molar-refractivity contribution in [3.8, 4) is 17.0 Å². The summed E-state index contributed by atoms with van der Waals surface area (Å²) in [6.45, 7) is 0.539. The topological polar surface area (TPSA) is 84.7 Å². The zero-order valence-electron chi connectivity index (χ0n) is 16.1. The number of fused-ring (bicyclic) bond motifs is 1. The average Bonchev–Trinajstić information content (AvgIpc) is 3.22. The number of aromatic nitrogens is 1. The zero-order valence-corrected chi connectivity index (χ0v) is 16.1. The second-order valence-corrected chi connectivity index (χ2v) is 6.92. The molecule has 4 rings (SSSR count). The minimum absolute atomic E-state index is 0.0391. The van der Waals surface area contributed by atoms with Gasteiger partial charge in [0.2, 0.25) is 0 Å². The number of carbonyl (C=O) groups excluding carboxylic acids is 2. The number of rotatable bonds is 6. The Morgan fingerprint density at radius 3 is 2.83 bits per heavy atom. The molecule has 0 bridgehead atoms. The number of carbonyl (C=O) groups is 2. The molecule has 2 aromatic carbocycles. The van der Waals surface area contributed by atoms with Crippen LogP contribution >= 0.6 is 0 Å². The van der Waals surface area contributed by atoms with Crippen molar-refractivity contribution >= 4 is 17.5 Å². The molecule has 3 aromatic rings. The Morgan fingerprint density at radius 2 is 2.00 bits per heavy atom. The molecule has 0 saturated carbocycles. The van der Waals surface area contributed by atoms with E-state index >= 15 is 0 Å². The molecule has 1 aliphatic heterocycles. The Labute approximate surface area is 168 Å². The Kier molecular flexibility index (Phi) is 5.29. The van der Waals surface area contributed by atoms with E-state index in [0.717, 1.165) is 23.4 Å². The molecule has 7 nitrogen and oxygen atoms in total. The molecule has 0 radical (unpaired) electrons. The van der Waals surface area contributed by atoms with Crippen LogP contribution in [0.5, 0.6) is 5.75 Å². The fourth-order valence-corrected chi connectivity index (χ4v) is 3.20. The first-order valence-corrected chi connectivity index (χ1v) is 9.43. The Bertz CT molecular complexity index is 1030. The van der Waals surface area contributed by atoms with E-state index in [1.807, 2.05) is 36.4 Å². The van der Waals surface area contributed by atoms with Gasteiger partial charge in [-0.25, -0.2) is 0 Å². The number of aryl methyl sites for hydroxylation is 1. The smallest absolute Gasteiger partial charge is 0.262 e. The van der Waals surface area contributed by atoms with E-state index in [9.17, 15) is 9.59 Å². The predicted octanol–water partition coefficient (Wildman–Crippen LogP) is 3.38. The van der Waals surface area contributed by atoms with E-state index in [1.54, 1.807) is 30.1 Å². The van der Waals surface area contributed by atoms with Crippen LogP contribution in [0.15, 0.2) is 59.1 Å². The summed E-state index contributed by atoms with van der Waals surface area (Å²) in [5.41, 5.74) is 2.93. The highest BCUT2D eigenvalue weighted by atomic mass is 16.5. The van der Waals surface area contributed by atoms with Crippen molar-refractivity contribution in [2.45, 2.75) is 12.8 Å². The van der Waals surface area contributed by atoms with Crippen LogP contribution in [-0.2, 0) is 11.2 Å². The highest BCUT2D eigenvalue weighted by molar-refractivity contribution is 5.98. The minimum atomic E-state index is -0.198. The van der Waals surface area contributed by atoms with Crippen LogP contribution in [0.25, 0.3) is 11.3 Å². The summed E-state index contributed by atoms with van der Waals surface area (Å²) in [7, 11) is 1.76. The molecule has 2 amide bonds. The molecular weight excluding hydrogens is 370 g/mol. The van der Waals surface area contributed by atoms with Gasteiger partial charge >= 0.3 is 0 Å². The molecule has 0 unspecified atom stereocenters. The predicted molar refractivity (Wildman–Crippen MR) is 108 cm³/mol. The van der Waals surface area contributed by atoms with Crippen molar-refractivity contribution in [1.82, 2.24) is 10.1 Å². The van der Waals surface area contributed by atoms with E-state index in [1.165, 1.54) is 0 Å². The summed E-state index contributed by atoms with van der Waals surface area (Å²) in [4.78, 5) is 25.7. The minimum Gasteiger partial charge on any atom is -0.482 e. The number of benzene rings is 2. The van der Waals surface area contributed by atoms with Gasteiger partial charge in [-0.05, 0) is 24.6 Å². The Balaban J connectivity index is 1.32. The zero-order chi connectivity index (χ0) is 20.2. The fourth-order valence-electron chi connectivity index (χ4n) is 3.20. The maximum atomic E-state index is 12.7. The Hall–Kier alpha value is -3.61. The van der Waals surface area contributed by atoms with Gasteiger partial charge in [0.25, 0.3) is 11.8 Å². The van der Waals surface area contributed by atoms with Gasteiger partial charge in [-0.15, -0.1) is 0 Å². The molecule has 1 aromatic heterocycles. The molecule has 7 heteroatoms. The first kappa shape index (κ1) is 18.7. The Morgan fingerprint density at radius 1 is 1.17 bits per heavy atom. The SMILES string of the molecule is CN(CCCc1cc(-c2ccccc2)no1)C(=O)c1ccc2c(c1)OCC(=O)N2. The van der Waals surface area contributed by atoms with Crippen LogP contribution < -0.4 is 10.1 Å². The van der Waals surface area contributed by atoms with Crippen LogP contribution in [0.3, 0.4) is 0 Å². The monoisotopic (exact) mass is 391 g/mol. The summed E-state index contributed by atoms with van der Waals surface area (Å²) >= 11 is 0. The molecule has 0 aliphatic carbocycles. The van der Waals surface area contributed by atoms with Gasteiger partial charge in [-0.3, -0.25) is 9.59 Å². The molecule has 1 aliphatic rings. The van der Waals surface area contributed by atoms with Gasteiger partial charge in [-0.1, -0.05) is 35.5 Å². The number of ether oxygens (including phenoxy) is 1. The third-order valence-electron chi connectivity index (χ3n) is 4.75. The molecule has 0 saturated heterocycles. The maximum Gasteiger partial charge on any atom is 0.262 e. The summed E-state index contributed by atoms with van der Waals surface area (Å²) < 4.78 is 10.8. The molecule has 1 N–H and O–H groups in total. The average molecular weight is 391 g/mol. The summed E-state index contributed by atoms with van der Waals surface area (Å²) in [5.74, 6) is 1.01. The van der Waals surface area contributed by atoms with Gasteiger partial charge in [-0.2, -0.15) is 0 Å². The molecule has 2 heterocycles. The number of amides is 2. The summed E-state index contributed by atoms with van der Waals surface area (Å²) in [5, 5.41) is 6.83. The molecule has 0 fully saturated rings. The second kappa shape index (κ2) is 8.18. The van der Waals surface area contributed by atoms with E-state index in [-0.39, 0.29) is 18.4 Å². The standard InChI is InChI=1S/C22H21N3O4/c1-25(22(27)16-9-10-18-20(12-16)28-14-21(26)23-18)11-5-8-17-13-19(24-29-17)15-6-3-2-4-7-15/h2-4,6-7,9-10,12-13H,5,8,11,14H2,1H3,(H,23,26). The van der Waals surface area contributed by atoms with Crippen LogP contribution in [0, 0.1) is 0 Å². The van der Waals surface area contributed by atoms with Gasteiger partial charge in [0, 0.05) is 37.2 Å². The van der Waals surface area contributed by atoms with Crippen LogP contribution in [0.1, 0.15) is 22.5 Å². The number of hydrogen-bond acceptors (Lipinski definition) is 5. The molecule has 0 atom stereocenters. The third kappa shape index (κ3) is 4.29. The van der Waals surface area contributed by atoms with Crippen LogP contribution in [-0.4, -0.2) is 42.1 Å². The van der Waals surface area contributed by atoms with Crippen LogP contribution in [0.2, 0.25) is 0 Å². The van der Waals surface area contributed by atoms with Gasteiger partial charge in [0.15, 0.2) is 6.61 Å². The van der Waals surface area contributed by atoms with E-state index in [2.05, 4.69) is 10.5 Å². The number of nitrogens with one attached hydrogen (secondary N) is 1. The highest BCUT2D eigenvalue weighted by Crippen LogP contribution is 2.29.